The van der Waals surface area contributed by atoms with Crippen LogP contribution in [0.3, 0.4) is 0 Å². The molecular weight excluding hydrogens is 291 g/mol. The van der Waals surface area contributed by atoms with Gasteiger partial charge in [-0.25, -0.2) is 9.78 Å². The summed E-state index contributed by atoms with van der Waals surface area (Å²) in [5.74, 6) is -0.855. The molecule has 1 aromatic heterocycles. The highest BCUT2D eigenvalue weighted by molar-refractivity contribution is 6.34. The normalized spacial score (nSPS) is 10.2. The van der Waals surface area contributed by atoms with E-state index in [4.69, 9.17) is 38.8 Å². The summed E-state index contributed by atoms with van der Waals surface area (Å²) < 4.78 is 5.39. The van der Waals surface area contributed by atoms with Gasteiger partial charge < -0.3 is 15.6 Å². The van der Waals surface area contributed by atoms with Crippen LogP contribution in [-0.4, -0.2) is 16.1 Å². The number of nitrogens with two attached hydrogens (primary N) is 1. The van der Waals surface area contributed by atoms with Crippen molar-refractivity contribution in [3.05, 3.63) is 46.1 Å². The van der Waals surface area contributed by atoms with Crippen LogP contribution in [0.4, 0.5) is 5.69 Å². The number of rotatable bonds is 3. The van der Waals surface area contributed by atoms with Gasteiger partial charge in [0, 0.05) is 16.2 Å². The summed E-state index contributed by atoms with van der Waals surface area (Å²) in [7, 11) is 0. The van der Waals surface area contributed by atoms with Crippen LogP contribution in [0.5, 0.6) is 11.6 Å². The number of carboxylic acid groups (broad SMARTS) is 1. The van der Waals surface area contributed by atoms with Gasteiger partial charge in [-0.15, -0.1) is 0 Å². The number of ether oxygens (including phenoxy) is 1. The molecule has 19 heavy (non-hydrogen) atoms. The molecule has 98 valence electrons. The van der Waals surface area contributed by atoms with Gasteiger partial charge in [0.05, 0.1) is 5.56 Å². The van der Waals surface area contributed by atoms with Gasteiger partial charge in [-0.2, -0.15) is 0 Å². The van der Waals surface area contributed by atoms with Crippen molar-refractivity contribution in [2.45, 2.75) is 0 Å². The third-order valence-corrected chi connectivity index (χ3v) is 2.67. The summed E-state index contributed by atoms with van der Waals surface area (Å²) in [6.45, 7) is 0. The first kappa shape index (κ1) is 13.5. The maximum absolute atomic E-state index is 10.9. The summed E-state index contributed by atoms with van der Waals surface area (Å²) in [6, 6.07) is 5.86. The first-order valence-electron chi connectivity index (χ1n) is 5.09. The Bertz CT molecular complexity index is 627. The Hall–Kier alpha value is -1.98. The van der Waals surface area contributed by atoms with Crippen molar-refractivity contribution < 1.29 is 14.6 Å². The highest BCUT2D eigenvalue weighted by atomic mass is 35.5. The molecule has 7 heteroatoms. The molecule has 3 N–H and O–H groups in total. The number of nitrogen functional groups attached to an aromatic ring is 1. The van der Waals surface area contributed by atoms with Crippen LogP contribution in [-0.2, 0) is 0 Å². The van der Waals surface area contributed by atoms with Crippen LogP contribution in [0.25, 0.3) is 0 Å². The lowest BCUT2D eigenvalue weighted by atomic mass is 10.2. The van der Waals surface area contributed by atoms with E-state index in [0.29, 0.717) is 15.8 Å². The Labute approximate surface area is 118 Å². The lowest BCUT2D eigenvalue weighted by Gasteiger charge is -2.09. The van der Waals surface area contributed by atoms with E-state index >= 15 is 0 Å². The predicted molar refractivity (Wildman–Crippen MR) is 72.1 cm³/mol. The first-order chi connectivity index (χ1) is 8.97. The molecule has 0 amide bonds. The fourth-order valence-electron chi connectivity index (χ4n) is 1.42. The third-order valence-electron chi connectivity index (χ3n) is 2.23. The van der Waals surface area contributed by atoms with Gasteiger partial charge in [-0.05, 0) is 24.3 Å². The molecule has 0 aliphatic carbocycles. The highest BCUT2D eigenvalue weighted by Gasteiger charge is 2.14. The molecule has 0 saturated heterocycles. The van der Waals surface area contributed by atoms with Crippen LogP contribution in [0, 0.1) is 0 Å². The maximum atomic E-state index is 10.9. The van der Waals surface area contributed by atoms with Crippen LogP contribution >= 0.6 is 23.2 Å². The molecular formula is C12H8Cl2N2O3. The summed E-state index contributed by atoms with van der Waals surface area (Å²) in [5, 5.41) is 9.71. The monoisotopic (exact) mass is 298 g/mol. The van der Waals surface area contributed by atoms with Gasteiger partial charge in [-0.3, -0.25) is 0 Å². The van der Waals surface area contributed by atoms with Gasteiger partial charge in [-0.1, -0.05) is 23.2 Å². The molecule has 0 radical (unpaired) electrons. The Balaban J connectivity index is 2.38. The van der Waals surface area contributed by atoms with Crippen LogP contribution in [0.1, 0.15) is 10.4 Å². The fraction of sp³-hybridized carbons (Fsp3) is 0. The van der Waals surface area contributed by atoms with E-state index in [-0.39, 0.29) is 17.1 Å². The van der Waals surface area contributed by atoms with Crippen molar-refractivity contribution in [3.8, 4) is 11.6 Å². The maximum Gasteiger partial charge on any atom is 0.338 e. The number of benzene rings is 1. The van der Waals surface area contributed by atoms with Gasteiger partial charge >= 0.3 is 5.97 Å². The van der Waals surface area contributed by atoms with Crippen LogP contribution in [0.15, 0.2) is 30.5 Å². The topological polar surface area (TPSA) is 85.4 Å². The molecule has 0 atom stereocenters. The number of aromatic carboxylic acids is 1. The second-order valence-electron chi connectivity index (χ2n) is 3.59. The molecule has 0 unspecified atom stereocenters. The summed E-state index contributed by atoms with van der Waals surface area (Å²) in [5.41, 5.74) is 5.53. The van der Waals surface area contributed by atoms with E-state index in [9.17, 15) is 4.79 Å². The standard InChI is InChI=1S/C12H8Cl2N2O3/c13-6-3-7(14)5-8(4-6)19-11-10(15)9(12(17)18)1-2-16-11/h1-5H,15H2,(H,17,18). The Morgan fingerprint density at radius 3 is 2.47 bits per heavy atom. The fourth-order valence-corrected chi connectivity index (χ4v) is 1.93. The van der Waals surface area contributed by atoms with Crippen LogP contribution in [0.2, 0.25) is 10.0 Å². The van der Waals surface area contributed by atoms with E-state index in [1.807, 2.05) is 0 Å². The SMILES string of the molecule is Nc1c(C(=O)O)ccnc1Oc1cc(Cl)cc(Cl)c1. The molecule has 1 aromatic carbocycles. The molecule has 0 aliphatic rings. The molecule has 0 aliphatic heterocycles. The Morgan fingerprint density at radius 1 is 1.26 bits per heavy atom. The number of anilines is 1. The number of aromatic nitrogens is 1. The van der Waals surface area contributed by atoms with E-state index < -0.39 is 5.97 Å². The molecule has 0 fully saturated rings. The van der Waals surface area contributed by atoms with Crippen LogP contribution < -0.4 is 10.5 Å². The Morgan fingerprint density at radius 2 is 1.89 bits per heavy atom. The van der Waals surface area contributed by atoms with Gasteiger partial charge in [0.15, 0.2) is 0 Å². The number of hydrogen-bond donors (Lipinski definition) is 2. The minimum atomic E-state index is -1.16. The molecule has 0 bridgehead atoms. The van der Waals surface area contributed by atoms with Gasteiger partial charge in [0.2, 0.25) is 5.88 Å². The van der Waals surface area contributed by atoms with E-state index in [1.54, 1.807) is 6.07 Å². The van der Waals surface area contributed by atoms with E-state index in [1.165, 1.54) is 24.4 Å². The molecule has 2 aromatic rings. The average molecular weight is 299 g/mol. The summed E-state index contributed by atoms with van der Waals surface area (Å²) >= 11 is 11.7. The molecule has 5 nitrogen and oxygen atoms in total. The van der Waals surface area contributed by atoms with Gasteiger partial charge in [0.1, 0.15) is 11.4 Å². The largest absolute Gasteiger partial charge is 0.478 e. The summed E-state index contributed by atoms with van der Waals surface area (Å²) in [6.07, 6.45) is 1.29. The zero-order valence-electron chi connectivity index (χ0n) is 9.43. The Kier molecular flexibility index (Phi) is 3.78. The van der Waals surface area contributed by atoms with Crippen molar-refractivity contribution >= 4 is 34.9 Å². The second-order valence-corrected chi connectivity index (χ2v) is 4.46. The molecule has 2 rings (SSSR count). The lowest BCUT2D eigenvalue weighted by molar-refractivity contribution is 0.0697. The smallest absolute Gasteiger partial charge is 0.338 e. The van der Waals surface area contributed by atoms with E-state index in [0.717, 1.165) is 0 Å². The molecule has 0 spiro atoms. The first-order valence-corrected chi connectivity index (χ1v) is 5.84. The number of nitrogens with zero attached hydrogens (tertiary/aromatic N) is 1. The quantitative estimate of drug-likeness (QED) is 0.906. The summed E-state index contributed by atoms with van der Waals surface area (Å²) in [4.78, 5) is 14.8. The second kappa shape index (κ2) is 5.34. The number of hydrogen-bond acceptors (Lipinski definition) is 4. The zero-order chi connectivity index (χ0) is 14.0. The minimum Gasteiger partial charge on any atom is -0.478 e. The van der Waals surface area contributed by atoms with Crippen molar-refractivity contribution in [2.24, 2.45) is 0 Å². The van der Waals surface area contributed by atoms with Crippen molar-refractivity contribution in [1.29, 1.82) is 0 Å². The van der Waals surface area contributed by atoms with E-state index in [2.05, 4.69) is 4.98 Å². The minimum absolute atomic E-state index is 0.0155. The predicted octanol–water partition coefficient (Wildman–Crippen LogP) is 3.46. The number of halogens is 2. The molecule has 1 heterocycles. The number of carbonyl (C=O) groups is 1. The van der Waals surface area contributed by atoms with Crippen molar-refractivity contribution in [3.63, 3.8) is 0 Å². The number of pyridine rings is 1. The molecule has 0 saturated carbocycles. The lowest BCUT2D eigenvalue weighted by Crippen LogP contribution is -2.05. The zero-order valence-corrected chi connectivity index (χ0v) is 10.9. The third kappa shape index (κ3) is 3.07. The number of carboxylic acids is 1. The van der Waals surface area contributed by atoms with Crippen molar-refractivity contribution in [1.82, 2.24) is 4.98 Å². The van der Waals surface area contributed by atoms with Crippen molar-refractivity contribution in [2.75, 3.05) is 5.73 Å². The average Bonchev–Trinajstić information content (AvgIpc) is 2.30. The van der Waals surface area contributed by atoms with Gasteiger partial charge in [0.25, 0.3) is 0 Å². The highest BCUT2D eigenvalue weighted by Crippen LogP contribution is 2.31.